The standard InChI is InChI=1S/C12H10N4O2/c1-2-18-12(17)9-7-8-5-3-4-6-10(8)16-11(9)13-14-15-16/h3-7H,2H2,1H3. The number of fused-ring (bicyclic) bond motifs is 3. The van der Waals surface area contributed by atoms with E-state index in [0.29, 0.717) is 17.8 Å². The van der Waals surface area contributed by atoms with Crippen molar-refractivity contribution in [3.63, 3.8) is 0 Å². The molecule has 2 heterocycles. The largest absolute Gasteiger partial charge is 0.462 e. The van der Waals surface area contributed by atoms with Gasteiger partial charge in [-0.15, -0.1) is 5.10 Å². The van der Waals surface area contributed by atoms with Crippen molar-refractivity contribution in [2.45, 2.75) is 6.92 Å². The fourth-order valence-corrected chi connectivity index (χ4v) is 1.90. The number of ether oxygens (including phenoxy) is 1. The summed E-state index contributed by atoms with van der Waals surface area (Å²) < 4.78 is 6.55. The van der Waals surface area contributed by atoms with Crippen LogP contribution >= 0.6 is 0 Å². The summed E-state index contributed by atoms with van der Waals surface area (Å²) in [4.78, 5) is 11.9. The van der Waals surface area contributed by atoms with Crippen LogP contribution in [0.25, 0.3) is 16.6 Å². The molecule has 0 fully saturated rings. The van der Waals surface area contributed by atoms with Gasteiger partial charge in [-0.05, 0) is 29.5 Å². The Morgan fingerprint density at radius 3 is 3.06 bits per heavy atom. The van der Waals surface area contributed by atoms with Crippen molar-refractivity contribution in [3.05, 3.63) is 35.9 Å². The van der Waals surface area contributed by atoms with Crippen LogP contribution in [0.15, 0.2) is 30.3 Å². The van der Waals surface area contributed by atoms with E-state index in [1.54, 1.807) is 17.5 Å². The van der Waals surface area contributed by atoms with Crippen LogP contribution < -0.4 is 0 Å². The minimum absolute atomic E-state index is 0.319. The normalized spacial score (nSPS) is 10.9. The Balaban J connectivity index is 2.35. The van der Waals surface area contributed by atoms with Crippen LogP contribution in [0.5, 0.6) is 0 Å². The molecule has 0 spiro atoms. The van der Waals surface area contributed by atoms with Gasteiger partial charge in [0.1, 0.15) is 5.56 Å². The molecule has 0 radical (unpaired) electrons. The summed E-state index contributed by atoms with van der Waals surface area (Å²) in [6.07, 6.45) is 0. The molecule has 0 unspecified atom stereocenters. The monoisotopic (exact) mass is 242 g/mol. The molecule has 18 heavy (non-hydrogen) atoms. The van der Waals surface area contributed by atoms with Gasteiger partial charge in [0.05, 0.1) is 12.1 Å². The van der Waals surface area contributed by atoms with Crippen molar-refractivity contribution in [1.82, 2.24) is 20.0 Å². The lowest BCUT2D eigenvalue weighted by molar-refractivity contribution is 0.0528. The lowest BCUT2D eigenvalue weighted by Crippen LogP contribution is -2.07. The minimum Gasteiger partial charge on any atom is -0.462 e. The predicted molar refractivity (Wildman–Crippen MR) is 64.2 cm³/mol. The predicted octanol–water partition coefficient (Wildman–Crippen LogP) is 1.45. The van der Waals surface area contributed by atoms with Gasteiger partial charge in [-0.25, -0.2) is 4.79 Å². The Labute approximate surface area is 102 Å². The van der Waals surface area contributed by atoms with Crippen LogP contribution in [0.1, 0.15) is 17.3 Å². The minimum atomic E-state index is -0.414. The first-order valence-electron chi connectivity index (χ1n) is 5.58. The molecular weight excluding hydrogens is 232 g/mol. The molecule has 2 aromatic heterocycles. The maximum absolute atomic E-state index is 11.9. The molecule has 0 saturated carbocycles. The van der Waals surface area contributed by atoms with Crippen LogP contribution in [-0.2, 0) is 4.74 Å². The van der Waals surface area contributed by atoms with Crippen LogP contribution in [0.2, 0.25) is 0 Å². The zero-order valence-electron chi connectivity index (χ0n) is 9.70. The highest BCUT2D eigenvalue weighted by Gasteiger charge is 2.16. The molecule has 6 heteroatoms. The molecule has 0 aliphatic rings. The van der Waals surface area contributed by atoms with E-state index in [1.807, 2.05) is 24.3 Å². The number of carbonyl (C=O) groups excluding carboxylic acids is 1. The van der Waals surface area contributed by atoms with Gasteiger partial charge < -0.3 is 4.74 Å². The van der Waals surface area contributed by atoms with Crippen LogP contribution in [-0.4, -0.2) is 32.6 Å². The van der Waals surface area contributed by atoms with E-state index in [-0.39, 0.29) is 0 Å². The average Bonchev–Trinajstić information content (AvgIpc) is 2.87. The summed E-state index contributed by atoms with van der Waals surface area (Å²) in [5.74, 6) is -0.414. The topological polar surface area (TPSA) is 69.4 Å². The van der Waals surface area contributed by atoms with Crippen LogP contribution in [0.3, 0.4) is 0 Å². The van der Waals surface area contributed by atoms with Crippen molar-refractivity contribution < 1.29 is 9.53 Å². The number of esters is 1. The zero-order valence-corrected chi connectivity index (χ0v) is 9.70. The molecule has 1 aromatic carbocycles. The number of aromatic nitrogens is 4. The molecule has 0 amide bonds. The second-order valence-electron chi connectivity index (χ2n) is 3.75. The van der Waals surface area contributed by atoms with E-state index >= 15 is 0 Å². The Morgan fingerprint density at radius 1 is 1.39 bits per heavy atom. The first kappa shape index (κ1) is 10.6. The summed E-state index contributed by atoms with van der Waals surface area (Å²) in [7, 11) is 0. The number of para-hydroxylation sites is 1. The van der Waals surface area contributed by atoms with Gasteiger partial charge >= 0.3 is 5.97 Å². The maximum Gasteiger partial charge on any atom is 0.342 e. The van der Waals surface area contributed by atoms with Crippen molar-refractivity contribution >= 4 is 22.5 Å². The Kier molecular flexibility index (Phi) is 2.40. The molecule has 0 aliphatic heterocycles. The van der Waals surface area contributed by atoms with Crippen LogP contribution in [0, 0.1) is 0 Å². The van der Waals surface area contributed by atoms with Gasteiger partial charge in [0.15, 0.2) is 5.65 Å². The second kappa shape index (κ2) is 4.06. The maximum atomic E-state index is 11.9. The third-order valence-corrected chi connectivity index (χ3v) is 2.67. The molecule has 3 aromatic rings. The van der Waals surface area contributed by atoms with E-state index in [4.69, 9.17) is 4.74 Å². The SMILES string of the molecule is CCOC(=O)c1cc2ccccc2n2nnnc12. The van der Waals surface area contributed by atoms with Crippen molar-refractivity contribution in [2.75, 3.05) is 6.61 Å². The quantitative estimate of drug-likeness (QED) is 0.636. The molecule has 0 N–H and O–H groups in total. The molecule has 0 aliphatic carbocycles. The summed E-state index contributed by atoms with van der Waals surface area (Å²) >= 11 is 0. The lowest BCUT2D eigenvalue weighted by atomic mass is 10.1. The molecule has 6 nitrogen and oxygen atoms in total. The van der Waals surface area contributed by atoms with Crippen LogP contribution in [0.4, 0.5) is 0 Å². The van der Waals surface area contributed by atoms with E-state index in [0.717, 1.165) is 10.9 Å². The summed E-state index contributed by atoms with van der Waals surface area (Å²) in [5, 5.41) is 12.3. The van der Waals surface area contributed by atoms with Gasteiger partial charge in [-0.2, -0.15) is 4.52 Å². The average molecular weight is 242 g/mol. The van der Waals surface area contributed by atoms with E-state index in [9.17, 15) is 4.79 Å². The highest BCUT2D eigenvalue weighted by atomic mass is 16.5. The van der Waals surface area contributed by atoms with Crippen molar-refractivity contribution in [1.29, 1.82) is 0 Å². The summed E-state index contributed by atoms with van der Waals surface area (Å²) in [6, 6.07) is 9.34. The Morgan fingerprint density at radius 2 is 2.22 bits per heavy atom. The van der Waals surface area contributed by atoms with Crippen molar-refractivity contribution in [3.8, 4) is 0 Å². The van der Waals surface area contributed by atoms with Gasteiger partial charge in [0, 0.05) is 5.39 Å². The number of hydrogen-bond acceptors (Lipinski definition) is 5. The number of tetrazole rings is 1. The fourth-order valence-electron chi connectivity index (χ4n) is 1.90. The molecule has 90 valence electrons. The number of nitrogens with zero attached hydrogens (tertiary/aromatic N) is 4. The third-order valence-electron chi connectivity index (χ3n) is 2.67. The van der Waals surface area contributed by atoms with Gasteiger partial charge in [-0.1, -0.05) is 18.2 Å². The molecule has 0 atom stereocenters. The van der Waals surface area contributed by atoms with Gasteiger partial charge in [0.2, 0.25) is 0 Å². The van der Waals surface area contributed by atoms with E-state index in [2.05, 4.69) is 15.5 Å². The lowest BCUT2D eigenvalue weighted by Gasteiger charge is -2.05. The first-order chi connectivity index (χ1) is 8.81. The smallest absolute Gasteiger partial charge is 0.342 e. The number of rotatable bonds is 2. The summed E-state index contributed by atoms with van der Waals surface area (Å²) in [5.41, 5.74) is 1.64. The van der Waals surface area contributed by atoms with E-state index < -0.39 is 5.97 Å². The van der Waals surface area contributed by atoms with E-state index in [1.165, 1.54) is 0 Å². The third kappa shape index (κ3) is 1.50. The molecule has 0 bridgehead atoms. The first-order valence-corrected chi connectivity index (χ1v) is 5.58. The second-order valence-corrected chi connectivity index (χ2v) is 3.75. The number of benzene rings is 1. The van der Waals surface area contributed by atoms with Gasteiger partial charge in [0.25, 0.3) is 0 Å². The van der Waals surface area contributed by atoms with Gasteiger partial charge in [-0.3, -0.25) is 0 Å². The molecule has 3 rings (SSSR count). The summed E-state index contributed by atoms with van der Waals surface area (Å²) in [6.45, 7) is 2.08. The zero-order chi connectivity index (χ0) is 12.5. The number of pyridine rings is 1. The molecule has 0 saturated heterocycles. The Hall–Kier alpha value is -2.50. The highest BCUT2D eigenvalue weighted by molar-refractivity contribution is 6.00. The number of hydrogen-bond donors (Lipinski definition) is 0. The van der Waals surface area contributed by atoms with Crippen molar-refractivity contribution in [2.24, 2.45) is 0 Å². The Bertz CT molecular complexity index is 735. The fraction of sp³-hybridized carbons (Fsp3) is 0.167. The number of carbonyl (C=O) groups is 1. The highest BCUT2D eigenvalue weighted by Crippen LogP contribution is 2.19. The molecular formula is C12H10N4O2.